The average Bonchev–Trinajstić information content (AvgIpc) is 2.74. The van der Waals surface area contributed by atoms with Crippen molar-refractivity contribution in [1.82, 2.24) is 15.5 Å². The SMILES string of the molecule is CC(C)(C)OC(=O)N1CCC(NC2CCCCNC2=O)C1. The third kappa shape index (κ3) is 4.88. The van der Waals surface area contributed by atoms with Gasteiger partial charge in [0, 0.05) is 25.7 Å². The quantitative estimate of drug-likeness (QED) is 0.805. The van der Waals surface area contributed by atoms with Crippen molar-refractivity contribution in [3.8, 4) is 0 Å². The highest BCUT2D eigenvalue weighted by molar-refractivity contribution is 5.82. The highest BCUT2D eigenvalue weighted by atomic mass is 16.6. The molecular formula is C15H27N3O3. The summed E-state index contributed by atoms with van der Waals surface area (Å²) in [5.41, 5.74) is -0.468. The predicted molar refractivity (Wildman–Crippen MR) is 80.0 cm³/mol. The van der Waals surface area contributed by atoms with Gasteiger partial charge in [-0.05, 0) is 46.5 Å². The second-order valence-corrected chi connectivity index (χ2v) is 6.92. The van der Waals surface area contributed by atoms with Gasteiger partial charge >= 0.3 is 6.09 Å². The normalized spacial score (nSPS) is 27.2. The predicted octanol–water partition coefficient (Wildman–Crippen LogP) is 1.25. The van der Waals surface area contributed by atoms with E-state index in [4.69, 9.17) is 4.74 Å². The van der Waals surface area contributed by atoms with E-state index in [0.717, 1.165) is 32.2 Å². The van der Waals surface area contributed by atoms with E-state index in [-0.39, 0.29) is 24.1 Å². The van der Waals surface area contributed by atoms with E-state index in [0.29, 0.717) is 13.1 Å². The topological polar surface area (TPSA) is 70.7 Å². The van der Waals surface area contributed by atoms with Gasteiger partial charge in [0.1, 0.15) is 5.60 Å². The minimum absolute atomic E-state index is 0.0863. The molecule has 2 saturated heterocycles. The number of nitrogens with zero attached hydrogens (tertiary/aromatic N) is 1. The monoisotopic (exact) mass is 297 g/mol. The first-order valence-corrected chi connectivity index (χ1v) is 7.87. The van der Waals surface area contributed by atoms with Crippen LogP contribution in [-0.2, 0) is 9.53 Å². The Bertz CT molecular complexity index is 392. The number of ether oxygens (including phenoxy) is 1. The second-order valence-electron chi connectivity index (χ2n) is 6.92. The van der Waals surface area contributed by atoms with Crippen LogP contribution in [0.15, 0.2) is 0 Å². The largest absolute Gasteiger partial charge is 0.444 e. The molecule has 0 aliphatic carbocycles. The molecule has 0 spiro atoms. The van der Waals surface area contributed by atoms with Crippen LogP contribution in [0.2, 0.25) is 0 Å². The van der Waals surface area contributed by atoms with Crippen LogP contribution in [0.4, 0.5) is 4.79 Å². The van der Waals surface area contributed by atoms with Gasteiger partial charge in [0.15, 0.2) is 0 Å². The van der Waals surface area contributed by atoms with Gasteiger partial charge in [-0.3, -0.25) is 4.79 Å². The molecule has 21 heavy (non-hydrogen) atoms. The fourth-order valence-corrected chi connectivity index (χ4v) is 2.77. The van der Waals surface area contributed by atoms with Crippen LogP contribution in [-0.4, -0.2) is 54.2 Å². The summed E-state index contributed by atoms with van der Waals surface area (Å²) >= 11 is 0. The Kier molecular flexibility index (Phi) is 5.08. The lowest BCUT2D eigenvalue weighted by Gasteiger charge is -2.25. The number of carbonyl (C=O) groups excluding carboxylic acids is 2. The lowest BCUT2D eigenvalue weighted by molar-refractivity contribution is -0.123. The van der Waals surface area contributed by atoms with Crippen LogP contribution in [0.1, 0.15) is 46.5 Å². The molecule has 0 aromatic heterocycles. The van der Waals surface area contributed by atoms with Gasteiger partial charge < -0.3 is 20.3 Å². The van der Waals surface area contributed by atoms with Crippen molar-refractivity contribution in [1.29, 1.82) is 0 Å². The van der Waals surface area contributed by atoms with Crippen molar-refractivity contribution in [3.63, 3.8) is 0 Å². The molecule has 0 radical (unpaired) electrons. The number of hydrogen-bond donors (Lipinski definition) is 2. The molecule has 0 aromatic rings. The molecule has 2 N–H and O–H groups in total. The molecule has 2 aliphatic rings. The third-order valence-electron chi connectivity index (χ3n) is 3.81. The molecule has 2 rings (SSSR count). The molecule has 0 saturated carbocycles. The zero-order valence-corrected chi connectivity index (χ0v) is 13.3. The van der Waals surface area contributed by atoms with Gasteiger partial charge in [-0.2, -0.15) is 0 Å². The van der Waals surface area contributed by atoms with Crippen LogP contribution in [0, 0.1) is 0 Å². The van der Waals surface area contributed by atoms with E-state index in [2.05, 4.69) is 10.6 Å². The van der Waals surface area contributed by atoms with Crippen molar-refractivity contribution in [2.75, 3.05) is 19.6 Å². The van der Waals surface area contributed by atoms with Gasteiger partial charge in [-0.15, -0.1) is 0 Å². The summed E-state index contributed by atoms with van der Waals surface area (Å²) in [7, 11) is 0. The maximum Gasteiger partial charge on any atom is 0.410 e. The lowest BCUT2D eigenvalue weighted by Crippen LogP contribution is -2.48. The number of hydrogen-bond acceptors (Lipinski definition) is 4. The zero-order chi connectivity index (χ0) is 15.5. The van der Waals surface area contributed by atoms with Gasteiger partial charge in [0.2, 0.25) is 5.91 Å². The van der Waals surface area contributed by atoms with Gasteiger partial charge in [-0.25, -0.2) is 4.79 Å². The number of carbonyl (C=O) groups is 2. The minimum atomic E-state index is -0.468. The summed E-state index contributed by atoms with van der Waals surface area (Å²) in [6.45, 7) is 7.66. The molecule has 2 fully saturated rings. The number of likely N-dealkylation sites (tertiary alicyclic amines) is 1. The smallest absolute Gasteiger partial charge is 0.410 e. The summed E-state index contributed by atoms with van der Waals surface area (Å²) in [5, 5.41) is 6.32. The van der Waals surface area contributed by atoms with E-state index >= 15 is 0 Å². The number of amides is 2. The zero-order valence-electron chi connectivity index (χ0n) is 13.3. The van der Waals surface area contributed by atoms with E-state index in [1.54, 1.807) is 4.90 Å². The van der Waals surface area contributed by atoms with E-state index in [9.17, 15) is 9.59 Å². The Morgan fingerprint density at radius 3 is 2.81 bits per heavy atom. The Labute approximate surface area is 126 Å². The molecule has 2 unspecified atom stereocenters. The summed E-state index contributed by atoms with van der Waals surface area (Å²) in [4.78, 5) is 25.7. The first-order chi connectivity index (χ1) is 9.85. The fraction of sp³-hybridized carbons (Fsp3) is 0.867. The fourth-order valence-electron chi connectivity index (χ4n) is 2.77. The number of rotatable bonds is 2. The summed E-state index contributed by atoms with van der Waals surface area (Å²) in [5.74, 6) is 0.0863. The Hall–Kier alpha value is -1.30. The molecule has 2 heterocycles. The lowest BCUT2D eigenvalue weighted by atomic mass is 10.1. The summed E-state index contributed by atoms with van der Waals surface area (Å²) < 4.78 is 5.38. The Balaban J connectivity index is 1.82. The van der Waals surface area contributed by atoms with E-state index in [1.807, 2.05) is 20.8 Å². The first-order valence-electron chi connectivity index (χ1n) is 7.87. The van der Waals surface area contributed by atoms with Gasteiger partial charge in [0.05, 0.1) is 6.04 Å². The third-order valence-corrected chi connectivity index (χ3v) is 3.81. The summed E-state index contributed by atoms with van der Waals surface area (Å²) in [6.07, 6.45) is 3.56. The highest BCUT2D eigenvalue weighted by Gasteiger charge is 2.32. The maximum absolute atomic E-state index is 12.0. The average molecular weight is 297 g/mol. The van der Waals surface area contributed by atoms with Crippen molar-refractivity contribution in [2.24, 2.45) is 0 Å². The van der Waals surface area contributed by atoms with Gasteiger partial charge in [0.25, 0.3) is 0 Å². The van der Waals surface area contributed by atoms with Crippen molar-refractivity contribution < 1.29 is 14.3 Å². The molecule has 2 aliphatic heterocycles. The van der Waals surface area contributed by atoms with Crippen LogP contribution in [0.3, 0.4) is 0 Å². The van der Waals surface area contributed by atoms with Crippen LogP contribution < -0.4 is 10.6 Å². The van der Waals surface area contributed by atoms with Gasteiger partial charge in [-0.1, -0.05) is 0 Å². The molecule has 6 heteroatoms. The van der Waals surface area contributed by atoms with Crippen molar-refractivity contribution in [3.05, 3.63) is 0 Å². The molecule has 0 bridgehead atoms. The minimum Gasteiger partial charge on any atom is -0.444 e. The Morgan fingerprint density at radius 1 is 1.33 bits per heavy atom. The molecular weight excluding hydrogens is 270 g/mol. The van der Waals surface area contributed by atoms with E-state index in [1.165, 1.54) is 0 Å². The summed E-state index contributed by atoms with van der Waals surface area (Å²) in [6, 6.07) is 0.0439. The Morgan fingerprint density at radius 2 is 2.10 bits per heavy atom. The maximum atomic E-state index is 12.0. The first kappa shape index (κ1) is 16.1. The molecule has 2 atom stereocenters. The molecule has 6 nitrogen and oxygen atoms in total. The second kappa shape index (κ2) is 6.64. The molecule has 0 aromatic carbocycles. The van der Waals surface area contributed by atoms with Crippen molar-refractivity contribution >= 4 is 12.0 Å². The number of nitrogens with one attached hydrogen (secondary N) is 2. The van der Waals surface area contributed by atoms with E-state index < -0.39 is 5.60 Å². The van der Waals surface area contributed by atoms with Crippen molar-refractivity contribution in [2.45, 2.75) is 64.1 Å². The standard InChI is InChI=1S/C15H27N3O3/c1-15(2,3)21-14(20)18-9-7-11(10-18)17-12-6-4-5-8-16-13(12)19/h11-12,17H,4-10H2,1-3H3,(H,16,19). The van der Waals surface area contributed by atoms with Crippen LogP contribution in [0.5, 0.6) is 0 Å². The van der Waals surface area contributed by atoms with Crippen LogP contribution in [0.25, 0.3) is 0 Å². The highest BCUT2D eigenvalue weighted by Crippen LogP contribution is 2.16. The van der Waals surface area contributed by atoms with Crippen LogP contribution >= 0.6 is 0 Å². The molecule has 120 valence electrons. The molecule has 2 amide bonds.